The van der Waals surface area contributed by atoms with Crippen LogP contribution in [0.1, 0.15) is 44.5 Å². The molecule has 2 fully saturated rings. The molecule has 2 heterocycles. The van der Waals surface area contributed by atoms with Crippen LogP contribution < -0.4 is 36.6 Å². The van der Waals surface area contributed by atoms with Crippen LogP contribution in [0.4, 0.5) is 32.3 Å². The molecule has 84 heavy (non-hydrogen) atoms. The first-order valence-electron chi connectivity index (χ1n) is 26.6. The van der Waals surface area contributed by atoms with Gasteiger partial charge in [-0.1, -0.05) is 188 Å². The SMILES string of the molecule is BrC1Cc2ccccc2C1.O=C1C(=O)N(c2ccc(Br)cc2)C(=O)N1c1ccc(Br)cc1.O=C1N(c2ccc(Br)cc2)C(=O)C(O)(C2Cc3ccccc3C2)N1c1ccc(Br)cc1.OC1Cc2ccccc2C1.[Br-].[Mg+2].c1ccc2c(c1)C[CH-]C2. The fourth-order valence-electron chi connectivity index (χ4n) is 11.0. The fraction of sp³-hybridized carbons (Fsp3) is 0.182. The van der Waals surface area contributed by atoms with Gasteiger partial charge in [0.25, 0.3) is 5.91 Å². The van der Waals surface area contributed by atoms with Crippen molar-refractivity contribution in [3.8, 4) is 0 Å². The van der Waals surface area contributed by atoms with Crippen molar-refractivity contribution in [1.82, 2.24) is 0 Å². The summed E-state index contributed by atoms with van der Waals surface area (Å²) in [4.78, 5) is 68.8. The topological polar surface area (TPSA) is 139 Å². The number of carbonyl (C=O) groups is 5. The zero-order chi connectivity index (χ0) is 57.7. The Bertz CT molecular complexity index is 3460. The van der Waals surface area contributed by atoms with E-state index in [0.717, 1.165) is 56.6 Å². The molecule has 0 radical (unpaired) electrons. The molecular weight excluding hydrogens is 1460 g/mol. The number of benzene rings is 8. The molecule has 4 aliphatic carbocycles. The van der Waals surface area contributed by atoms with Gasteiger partial charge in [-0.05, 0) is 169 Å². The minimum atomic E-state index is -1.99. The van der Waals surface area contributed by atoms with E-state index in [-0.39, 0.29) is 46.1 Å². The predicted molar refractivity (Wildman–Crippen MR) is 345 cm³/mol. The van der Waals surface area contributed by atoms with Crippen molar-refractivity contribution in [2.45, 2.75) is 68.0 Å². The number of hydrogen-bond acceptors (Lipinski definition) is 7. The first-order valence-corrected chi connectivity index (χ1v) is 30.7. The first-order chi connectivity index (χ1) is 39.6. The minimum absolute atomic E-state index is 0. The van der Waals surface area contributed by atoms with Crippen molar-refractivity contribution in [3.63, 3.8) is 0 Å². The molecule has 2 aliphatic heterocycles. The average Bonchev–Trinajstić information content (AvgIpc) is 2.22. The van der Waals surface area contributed by atoms with E-state index in [2.05, 4.69) is 147 Å². The molecule has 1 atom stereocenters. The van der Waals surface area contributed by atoms with Gasteiger partial charge in [-0.15, -0.1) is 0 Å². The molecule has 11 nitrogen and oxygen atoms in total. The zero-order valence-corrected chi connectivity index (χ0v) is 56.1. The van der Waals surface area contributed by atoms with E-state index in [9.17, 15) is 34.2 Å². The zero-order valence-electron chi connectivity index (χ0n) is 45.1. The Morgan fingerprint density at radius 2 is 0.702 bits per heavy atom. The summed E-state index contributed by atoms with van der Waals surface area (Å²) >= 11 is 17.0. The van der Waals surface area contributed by atoms with Crippen LogP contribution in [-0.2, 0) is 65.8 Å². The minimum Gasteiger partial charge on any atom is -1.00 e. The molecule has 0 aromatic heterocycles. The van der Waals surface area contributed by atoms with Crippen LogP contribution in [0.25, 0.3) is 0 Å². The number of anilines is 4. The number of alkyl halides is 1. The second kappa shape index (κ2) is 29.0. The molecule has 424 valence electrons. The summed E-state index contributed by atoms with van der Waals surface area (Å²) in [5, 5.41) is 21.2. The van der Waals surface area contributed by atoms with Crippen molar-refractivity contribution in [3.05, 3.63) is 263 Å². The molecule has 0 spiro atoms. The van der Waals surface area contributed by atoms with Crippen molar-refractivity contribution < 1.29 is 51.2 Å². The maximum Gasteiger partial charge on any atom is 2.00 e. The summed E-state index contributed by atoms with van der Waals surface area (Å²) in [5.74, 6) is -2.81. The smallest absolute Gasteiger partial charge is 1.00 e. The van der Waals surface area contributed by atoms with Crippen LogP contribution in [-0.4, -0.2) is 79.7 Å². The number of amides is 7. The van der Waals surface area contributed by atoms with Gasteiger partial charge in [0.1, 0.15) is 0 Å². The molecule has 6 aliphatic rings. The molecular formula is C66H54Br6MgN4O7. The van der Waals surface area contributed by atoms with Gasteiger partial charge in [-0.3, -0.25) is 19.3 Å². The molecule has 0 saturated carbocycles. The summed E-state index contributed by atoms with van der Waals surface area (Å²) in [6, 6.07) is 59.3. The number of carbonyl (C=O) groups excluding carboxylic acids is 5. The third-order valence-electron chi connectivity index (χ3n) is 15.1. The van der Waals surface area contributed by atoms with E-state index >= 15 is 0 Å². The normalized spacial score (nSPS) is 17.5. The predicted octanol–water partition coefficient (Wildman–Crippen LogP) is 11.3. The van der Waals surface area contributed by atoms with Crippen molar-refractivity contribution in [1.29, 1.82) is 0 Å². The molecule has 8 aromatic rings. The van der Waals surface area contributed by atoms with Crippen molar-refractivity contribution in [2.75, 3.05) is 19.6 Å². The van der Waals surface area contributed by atoms with Gasteiger partial charge in [0.15, 0.2) is 0 Å². The molecule has 1 unspecified atom stereocenters. The third-order valence-corrected chi connectivity index (χ3v) is 17.8. The Morgan fingerprint density at radius 1 is 0.405 bits per heavy atom. The third kappa shape index (κ3) is 14.5. The van der Waals surface area contributed by atoms with E-state index in [0.29, 0.717) is 40.4 Å². The van der Waals surface area contributed by atoms with Crippen molar-refractivity contribution in [2.24, 2.45) is 5.92 Å². The molecule has 14 rings (SSSR count). The van der Waals surface area contributed by atoms with Gasteiger partial charge < -0.3 is 33.6 Å². The van der Waals surface area contributed by atoms with E-state index < -0.39 is 41.4 Å². The Labute approximate surface area is 557 Å². The van der Waals surface area contributed by atoms with Gasteiger partial charge in [0.2, 0.25) is 5.72 Å². The van der Waals surface area contributed by atoms with Gasteiger partial charge in [0, 0.05) is 34.3 Å². The number of aliphatic hydroxyl groups excluding tert-OH is 1. The summed E-state index contributed by atoms with van der Waals surface area (Å²) in [5.41, 5.74) is 10.5. The van der Waals surface area contributed by atoms with Crippen LogP contribution >= 0.6 is 79.6 Å². The van der Waals surface area contributed by atoms with Crippen LogP contribution in [0, 0.1) is 12.3 Å². The second-order valence-corrected chi connectivity index (χ2v) is 25.4. The van der Waals surface area contributed by atoms with Crippen LogP contribution in [0.2, 0.25) is 0 Å². The van der Waals surface area contributed by atoms with Crippen LogP contribution in [0.15, 0.2) is 212 Å². The Morgan fingerprint density at radius 3 is 1.06 bits per heavy atom. The fourth-order valence-corrected chi connectivity index (χ4v) is 12.7. The van der Waals surface area contributed by atoms with Crippen LogP contribution in [0.3, 0.4) is 0 Å². The molecule has 7 amide bonds. The molecule has 0 bridgehead atoms. The number of urea groups is 2. The summed E-state index contributed by atoms with van der Waals surface area (Å²) in [6.45, 7) is 0. The largest absolute Gasteiger partial charge is 2.00 e. The van der Waals surface area contributed by atoms with Gasteiger partial charge in [-0.25, -0.2) is 24.3 Å². The number of aliphatic hydroxyl groups is 2. The summed E-state index contributed by atoms with van der Waals surface area (Å²) in [7, 11) is 0. The van der Waals surface area contributed by atoms with Crippen LogP contribution in [0.5, 0.6) is 0 Å². The molecule has 8 aromatic carbocycles. The van der Waals surface area contributed by atoms with Gasteiger partial charge in [0.05, 0.1) is 23.2 Å². The Hall–Kier alpha value is -5.12. The van der Waals surface area contributed by atoms with E-state index in [1.54, 1.807) is 97.1 Å². The maximum absolute atomic E-state index is 13.7. The number of imide groups is 3. The monoisotopic (exact) mass is 1510 g/mol. The molecule has 2 N–H and O–H groups in total. The second-order valence-electron chi connectivity index (χ2n) is 20.4. The van der Waals surface area contributed by atoms with Gasteiger partial charge in [-0.2, -0.15) is 12.8 Å². The molecule has 2 saturated heterocycles. The van der Waals surface area contributed by atoms with E-state index in [4.69, 9.17) is 0 Å². The van der Waals surface area contributed by atoms with Gasteiger partial charge >= 0.3 is 46.9 Å². The Balaban J connectivity index is 0.000000149. The number of nitrogens with zero attached hydrogens (tertiary/aromatic N) is 4. The number of fused-ring (bicyclic) bond motifs is 4. The van der Waals surface area contributed by atoms with Crippen molar-refractivity contribution >= 4 is 155 Å². The summed E-state index contributed by atoms with van der Waals surface area (Å²) in [6.07, 6.45) is 9.69. The number of hydrogen-bond donors (Lipinski definition) is 2. The molecule has 18 heteroatoms. The Kier molecular flexibility index (Phi) is 22.4. The average molecular weight is 1520 g/mol. The summed E-state index contributed by atoms with van der Waals surface area (Å²) < 4.78 is 3.30. The standard InChI is InChI=1S/C24H18Br2N2O3.C15H8Br2N2O3.C9H9Br.C9H10O.C9H9.BrH.Mg/c25-18-5-9-20(10-6-18)27-22(29)24(31,17-13-15-3-1-2-4-16(15)14-17)28(23(27)30)21-11-7-19(26)8-12-21;16-9-1-5-11(6-2-9)18-13(20)14(21)19(15(18)22)12-7-3-10(17)4-8-12;2*10-9-5-7-3-1-2-4-8(7)6-9;1-2-5-9-7-3-6-8(9)4-1;;/h1-12,17,31H,13-14H2;1-8H;1-4,9H,5-6H2;1-4,9-10H,5-6H2;1-5H,6-7H2;1H;/q;;;;-1;;+2/p-1. The quantitative estimate of drug-likeness (QED) is 0.0575. The number of halogens is 6. The maximum atomic E-state index is 13.7. The first kappa shape index (κ1) is 64.9. The van der Waals surface area contributed by atoms with E-state index in [1.807, 2.05) is 36.4 Å². The number of rotatable bonds is 5. The van der Waals surface area contributed by atoms with E-state index in [1.165, 1.54) is 64.0 Å².